The number of aromatic amines is 1. The van der Waals surface area contributed by atoms with Crippen LogP contribution in [0.2, 0.25) is 0 Å². The number of hydrogen-bond acceptors (Lipinski definition) is 3. The first-order valence-corrected chi connectivity index (χ1v) is 11.1. The van der Waals surface area contributed by atoms with E-state index in [0.717, 1.165) is 24.1 Å². The summed E-state index contributed by atoms with van der Waals surface area (Å²) in [5.74, 6) is 0.951. The van der Waals surface area contributed by atoms with E-state index in [2.05, 4.69) is 26.6 Å². The highest BCUT2D eigenvalue weighted by molar-refractivity contribution is 6.34. The lowest BCUT2D eigenvalue weighted by molar-refractivity contribution is -0.122. The normalized spacial score (nSPS) is 27.2. The second-order valence-corrected chi connectivity index (χ2v) is 9.40. The van der Waals surface area contributed by atoms with Gasteiger partial charge in [0.1, 0.15) is 5.82 Å². The number of H-pyrrole nitrogens is 1. The van der Waals surface area contributed by atoms with Gasteiger partial charge in [-0.15, -0.1) is 12.4 Å². The summed E-state index contributed by atoms with van der Waals surface area (Å²) in [5.41, 5.74) is 4.23. The Balaban J connectivity index is 0.00000216. The maximum Gasteiger partial charge on any atom is 0.256 e. The van der Waals surface area contributed by atoms with Crippen LogP contribution in [0.5, 0.6) is 0 Å². The van der Waals surface area contributed by atoms with Crippen LogP contribution in [0, 0.1) is 23.6 Å². The molecule has 1 saturated carbocycles. The first-order valence-electron chi connectivity index (χ1n) is 11.1. The lowest BCUT2D eigenvalue weighted by atomic mass is 9.94. The van der Waals surface area contributed by atoms with E-state index in [1.54, 1.807) is 6.07 Å². The molecule has 168 valence electrons. The molecule has 2 saturated heterocycles. The average molecular weight is 457 g/mol. The number of fused-ring (bicyclic) bond motifs is 2. The largest absolute Gasteiger partial charge is 0.361 e. The maximum atomic E-state index is 14.6. The maximum absolute atomic E-state index is 14.6. The van der Waals surface area contributed by atoms with E-state index in [1.807, 2.05) is 12.3 Å². The minimum atomic E-state index is -0.383. The monoisotopic (exact) mass is 456 g/mol. The molecule has 6 rings (SSSR count). The molecule has 6 nitrogen and oxygen atoms in total. The van der Waals surface area contributed by atoms with Gasteiger partial charge in [-0.1, -0.05) is 0 Å². The number of halogens is 2. The van der Waals surface area contributed by atoms with Crippen LogP contribution in [0.4, 0.5) is 10.1 Å². The zero-order chi connectivity index (χ0) is 21.1. The molecular formula is C24H26ClFN4O2. The summed E-state index contributed by atoms with van der Waals surface area (Å²) < 4.78 is 14.6. The number of aromatic nitrogens is 1. The predicted molar refractivity (Wildman–Crippen MR) is 123 cm³/mol. The third kappa shape index (κ3) is 3.84. The van der Waals surface area contributed by atoms with Gasteiger partial charge in [-0.2, -0.15) is 0 Å². The summed E-state index contributed by atoms with van der Waals surface area (Å²) in [5, 5.41) is 5.56. The van der Waals surface area contributed by atoms with Crippen molar-refractivity contribution in [2.45, 2.75) is 25.8 Å². The number of anilines is 1. The highest BCUT2D eigenvalue weighted by atomic mass is 35.5. The van der Waals surface area contributed by atoms with Crippen molar-refractivity contribution in [3.8, 4) is 0 Å². The minimum Gasteiger partial charge on any atom is -0.361 e. The van der Waals surface area contributed by atoms with Crippen LogP contribution < -0.4 is 10.6 Å². The van der Waals surface area contributed by atoms with E-state index >= 15 is 0 Å². The van der Waals surface area contributed by atoms with Gasteiger partial charge in [0, 0.05) is 49.6 Å². The number of rotatable bonds is 5. The van der Waals surface area contributed by atoms with Gasteiger partial charge < -0.3 is 15.6 Å². The Bertz CT molecular complexity index is 1120. The fourth-order valence-electron chi connectivity index (χ4n) is 5.33. The standard InChI is InChI=1S/C24H25FN4O2.ClH/c25-21-8-22-19(6-15(21)4-14-1-2-26-23(14)30)20(24(31)28-22)7-18-3-13(9-27-18)10-29-11-16-5-17(16)12-29;/h3,6-9,14,16-17,27H,1-2,4-5,10-12H2,(H,26,30)(H,28,31);1H/b20-7-;. The second-order valence-electron chi connectivity index (χ2n) is 9.40. The highest BCUT2D eigenvalue weighted by Gasteiger charge is 2.44. The van der Waals surface area contributed by atoms with Crippen molar-refractivity contribution >= 4 is 41.6 Å². The van der Waals surface area contributed by atoms with Gasteiger partial charge in [0.15, 0.2) is 0 Å². The Morgan fingerprint density at radius 3 is 2.72 bits per heavy atom. The van der Waals surface area contributed by atoms with Crippen molar-refractivity contribution in [1.29, 1.82) is 0 Å². The molecule has 3 aliphatic heterocycles. The van der Waals surface area contributed by atoms with Crippen LogP contribution >= 0.6 is 12.4 Å². The van der Waals surface area contributed by atoms with E-state index in [4.69, 9.17) is 0 Å². The first kappa shape index (κ1) is 21.2. The van der Waals surface area contributed by atoms with Gasteiger partial charge in [0.2, 0.25) is 5.91 Å². The average Bonchev–Trinajstić information content (AvgIpc) is 3.13. The summed E-state index contributed by atoms with van der Waals surface area (Å²) in [6, 6.07) is 5.17. The molecular weight excluding hydrogens is 431 g/mol. The first-order chi connectivity index (χ1) is 15.0. The van der Waals surface area contributed by atoms with Gasteiger partial charge >= 0.3 is 0 Å². The van der Waals surface area contributed by atoms with Gasteiger partial charge in [-0.25, -0.2) is 4.39 Å². The molecule has 3 unspecified atom stereocenters. The lowest BCUT2D eigenvalue weighted by Gasteiger charge is -2.15. The van der Waals surface area contributed by atoms with Crippen molar-refractivity contribution < 1.29 is 14.0 Å². The number of amides is 2. The highest BCUT2D eigenvalue weighted by Crippen LogP contribution is 2.45. The summed E-state index contributed by atoms with van der Waals surface area (Å²) >= 11 is 0. The van der Waals surface area contributed by atoms with Crippen molar-refractivity contribution in [3.05, 3.63) is 52.6 Å². The molecule has 2 amide bonds. The molecule has 8 heteroatoms. The summed E-state index contributed by atoms with van der Waals surface area (Å²) in [6.07, 6.45) is 6.27. The molecule has 32 heavy (non-hydrogen) atoms. The number of carbonyl (C=O) groups excluding carboxylic acids is 2. The Morgan fingerprint density at radius 2 is 1.97 bits per heavy atom. The Labute approximate surface area is 192 Å². The van der Waals surface area contributed by atoms with Crippen LogP contribution in [0.1, 0.15) is 35.2 Å². The third-order valence-electron chi connectivity index (χ3n) is 7.12. The topological polar surface area (TPSA) is 77.2 Å². The molecule has 0 radical (unpaired) electrons. The SMILES string of the molecule is Cl.O=C1Nc2cc(F)c(CC3CCNC3=O)cc2/C1=C/c1cc(CN2CC3CC3C2)c[nH]1. The number of likely N-dealkylation sites (tertiary alicyclic amines) is 1. The third-order valence-corrected chi connectivity index (χ3v) is 7.12. The van der Waals surface area contributed by atoms with Crippen molar-refractivity contribution in [1.82, 2.24) is 15.2 Å². The Hall–Kier alpha value is -2.64. The molecule has 3 N–H and O–H groups in total. The van der Waals surface area contributed by atoms with Crippen molar-refractivity contribution in [2.75, 3.05) is 25.0 Å². The second kappa shape index (κ2) is 8.05. The van der Waals surface area contributed by atoms with Crippen LogP contribution in [0.25, 0.3) is 11.6 Å². The van der Waals surface area contributed by atoms with Crippen molar-refractivity contribution in [3.63, 3.8) is 0 Å². The van der Waals surface area contributed by atoms with Gasteiger partial charge in [0.25, 0.3) is 5.91 Å². The summed E-state index contributed by atoms with van der Waals surface area (Å²) in [6.45, 7) is 3.94. The molecule has 3 fully saturated rings. The summed E-state index contributed by atoms with van der Waals surface area (Å²) in [4.78, 5) is 30.3. The van der Waals surface area contributed by atoms with E-state index in [-0.39, 0.29) is 36.0 Å². The predicted octanol–water partition coefficient (Wildman–Crippen LogP) is 3.20. The number of hydrogen-bond donors (Lipinski definition) is 3. The van der Waals surface area contributed by atoms with Crippen LogP contribution in [0.3, 0.4) is 0 Å². The van der Waals surface area contributed by atoms with E-state index in [0.29, 0.717) is 41.8 Å². The number of nitrogens with zero attached hydrogens (tertiary/aromatic N) is 1. The fourth-order valence-corrected chi connectivity index (χ4v) is 5.33. The van der Waals surface area contributed by atoms with E-state index < -0.39 is 0 Å². The van der Waals surface area contributed by atoms with Gasteiger partial charge in [-0.3, -0.25) is 14.5 Å². The molecule has 1 aromatic heterocycles. The Kier molecular flexibility index (Phi) is 5.34. The van der Waals surface area contributed by atoms with Gasteiger partial charge in [0.05, 0.1) is 11.3 Å². The zero-order valence-electron chi connectivity index (χ0n) is 17.6. The van der Waals surface area contributed by atoms with Crippen LogP contribution in [-0.4, -0.2) is 41.3 Å². The molecule has 4 aliphatic rings. The molecule has 1 aromatic carbocycles. The van der Waals surface area contributed by atoms with E-state index in [9.17, 15) is 14.0 Å². The smallest absolute Gasteiger partial charge is 0.256 e. The number of carbonyl (C=O) groups is 2. The zero-order valence-corrected chi connectivity index (χ0v) is 18.4. The molecule has 0 spiro atoms. The molecule has 0 bridgehead atoms. The summed E-state index contributed by atoms with van der Waals surface area (Å²) in [7, 11) is 0. The van der Waals surface area contributed by atoms with Crippen molar-refractivity contribution in [2.24, 2.45) is 17.8 Å². The number of nitrogens with one attached hydrogen (secondary N) is 3. The van der Waals surface area contributed by atoms with Gasteiger partial charge in [-0.05, 0) is 66.5 Å². The molecule has 1 aliphatic carbocycles. The molecule has 2 aromatic rings. The van der Waals surface area contributed by atoms with Crippen LogP contribution in [-0.2, 0) is 22.6 Å². The lowest BCUT2D eigenvalue weighted by Crippen LogP contribution is -2.21. The minimum absolute atomic E-state index is 0. The quantitative estimate of drug-likeness (QED) is 0.605. The Morgan fingerprint density at radius 1 is 1.16 bits per heavy atom. The van der Waals surface area contributed by atoms with E-state index in [1.165, 1.54) is 31.1 Å². The number of benzene rings is 1. The fraction of sp³-hybridized carbons (Fsp3) is 0.417. The molecule has 4 heterocycles. The van der Waals surface area contributed by atoms with Crippen LogP contribution in [0.15, 0.2) is 24.4 Å². The molecule has 3 atom stereocenters. The number of piperidine rings is 1.